The second kappa shape index (κ2) is 7.79. The van der Waals surface area contributed by atoms with Crippen LogP contribution in [0.15, 0.2) is 12.1 Å². The Morgan fingerprint density at radius 3 is 2.71 bits per heavy atom. The number of rotatable bonds is 5. The van der Waals surface area contributed by atoms with E-state index in [1.54, 1.807) is 0 Å². The minimum atomic E-state index is 0.302. The molecule has 0 amide bonds. The van der Waals surface area contributed by atoms with Gasteiger partial charge in [0, 0.05) is 30.8 Å². The first-order valence-corrected chi connectivity index (χ1v) is 10.6. The standard InChI is InChI=1S/C23H29N5/c1-3-6-15-8-10-19(25)18(14-24)22(15)16-7-9-17-20(13-16)26-21(4-2)27-23(17)28-11-5-12-28/h8,10,16H,3-7,9,11-13,25H2,1-2H3. The van der Waals surface area contributed by atoms with Crippen LogP contribution in [-0.4, -0.2) is 23.1 Å². The second-order valence-corrected chi connectivity index (χ2v) is 7.99. The number of fused-ring (bicyclic) bond motifs is 1. The van der Waals surface area contributed by atoms with Gasteiger partial charge in [-0.05, 0) is 55.2 Å². The number of nitrogens with two attached hydrogens (primary N) is 1. The molecule has 1 aliphatic carbocycles. The third-order valence-electron chi connectivity index (χ3n) is 6.18. The molecule has 0 spiro atoms. The maximum atomic E-state index is 9.79. The van der Waals surface area contributed by atoms with Gasteiger partial charge in [0.25, 0.3) is 0 Å². The Bertz CT molecular complexity index is 924. The van der Waals surface area contributed by atoms with Gasteiger partial charge in [-0.15, -0.1) is 0 Å². The van der Waals surface area contributed by atoms with Gasteiger partial charge in [-0.2, -0.15) is 5.26 Å². The predicted octanol–water partition coefficient (Wildman–Crippen LogP) is 3.93. The van der Waals surface area contributed by atoms with E-state index < -0.39 is 0 Å². The molecule has 1 unspecified atom stereocenters. The van der Waals surface area contributed by atoms with Crippen molar-refractivity contribution in [2.45, 2.75) is 64.7 Å². The Morgan fingerprint density at radius 2 is 2.07 bits per heavy atom. The lowest BCUT2D eigenvalue weighted by Gasteiger charge is -2.36. The van der Waals surface area contributed by atoms with Gasteiger partial charge >= 0.3 is 0 Å². The van der Waals surface area contributed by atoms with Crippen LogP contribution < -0.4 is 10.6 Å². The van der Waals surface area contributed by atoms with Crippen LogP contribution in [0.3, 0.4) is 0 Å². The maximum absolute atomic E-state index is 9.79. The summed E-state index contributed by atoms with van der Waals surface area (Å²) in [7, 11) is 0. The van der Waals surface area contributed by atoms with Gasteiger partial charge in [-0.3, -0.25) is 0 Å². The highest BCUT2D eigenvalue weighted by Gasteiger charge is 2.31. The molecule has 1 aliphatic heterocycles. The highest BCUT2D eigenvalue weighted by atomic mass is 15.2. The third kappa shape index (κ3) is 3.22. The van der Waals surface area contributed by atoms with E-state index in [2.05, 4.69) is 30.9 Å². The number of aromatic nitrogens is 2. The van der Waals surface area contributed by atoms with E-state index >= 15 is 0 Å². The topological polar surface area (TPSA) is 78.8 Å². The maximum Gasteiger partial charge on any atom is 0.135 e. The van der Waals surface area contributed by atoms with Crippen molar-refractivity contribution in [2.75, 3.05) is 23.7 Å². The van der Waals surface area contributed by atoms with E-state index in [9.17, 15) is 5.26 Å². The van der Waals surface area contributed by atoms with Crippen LogP contribution in [0.25, 0.3) is 0 Å². The Kier molecular flexibility index (Phi) is 5.21. The summed E-state index contributed by atoms with van der Waals surface area (Å²) in [5, 5.41) is 9.79. The van der Waals surface area contributed by atoms with Crippen LogP contribution in [0, 0.1) is 11.3 Å². The summed E-state index contributed by atoms with van der Waals surface area (Å²) in [5.41, 5.74) is 12.4. The third-order valence-corrected chi connectivity index (χ3v) is 6.18. The molecule has 2 heterocycles. The van der Waals surface area contributed by atoms with Gasteiger partial charge in [0.05, 0.1) is 11.3 Å². The van der Waals surface area contributed by atoms with Crippen molar-refractivity contribution in [1.29, 1.82) is 5.26 Å². The number of nitrogens with zero attached hydrogens (tertiary/aromatic N) is 4. The first kappa shape index (κ1) is 18.7. The molecule has 146 valence electrons. The summed E-state index contributed by atoms with van der Waals surface area (Å²) in [6.07, 6.45) is 7.02. The Balaban J connectivity index is 1.75. The van der Waals surface area contributed by atoms with Gasteiger partial charge in [0.2, 0.25) is 0 Å². The number of hydrogen-bond donors (Lipinski definition) is 1. The van der Waals surface area contributed by atoms with Gasteiger partial charge in [0.1, 0.15) is 17.7 Å². The van der Waals surface area contributed by atoms with Crippen molar-refractivity contribution in [1.82, 2.24) is 9.97 Å². The van der Waals surface area contributed by atoms with Gasteiger partial charge in [0.15, 0.2) is 0 Å². The number of aryl methyl sites for hydroxylation is 2. The van der Waals surface area contributed by atoms with Crippen LogP contribution in [0.1, 0.15) is 72.8 Å². The SMILES string of the molecule is CCCc1ccc(N)c(C#N)c1C1CCc2c(nc(CC)nc2N2CCC2)C1. The van der Waals surface area contributed by atoms with Crippen molar-refractivity contribution < 1.29 is 0 Å². The summed E-state index contributed by atoms with van der Waals surface area (Å²) in [4.78, 5) is 12.2. The number of nitriles is 1. The summed E-state index contributed by atoms with van der Waals surface area (Å²) in [6.45, 7) is 6.50. The average Bonchev–Trinajstić information content (AvgIpc) is 2.67. The van der Waals surface area contributed by atoms with E-state index in [4.69, 9.17) is 15.7 Å². The number of anilines is 2. The molecule has 1 fully saturated rings. The highest BCUT2D eigenvalue weighted by Crippen LogP contribution is 2.40. The molecule has 5 nitrogen and oxygen atoms in total. The zero-order valence-corrected chi connectivity index (χ0v) is 17.0. The first-order valence-electron chi connectivity index (χ1n) is 10.6. The minimum Gasteiger partial charge on any atom is -0.398 e. The van der Waals surface area contributed by atoms with Crippen molar-refractivity contribution in [3.8, 4) is 6.07 Å². The van der Waals surface area contributed by atoms with E-state index in [-0.39, 0.29) is 0 Å². The number of nitrogen functional groups attached to an aromatic ring is 1. The molecular weight excluding hydrogens is 346 g/mol. The second-order valence-electron chi connectivity index (χ2n) is 7.99. The van der Waals surface area contributed by atoms with Crippen LogP contribution in [-0.2, 0) is 25.7 Å². The molecule has 28 heavy (non-hydrogen) atoms. The Hall–Kier alpha value is -2.61. The lowest BCUT2D eigenvalue weighted by molar-refractivity contribution is 0.547. The predicted molar refractivity (Wildman–Crippen MR) is 113 cm³/mol. The fraction of sp³-hybridized carbons (Fsp3) is 0.522. The fourth-order valence-corrected chi connectivity index (χ4v) is 4.60. The largest absolute Gasteiger partial charge is 0.398 e. The molecule has 1 aromatic carbocycles. The summed E-state index contributed by atoms with van der Waals surface area (Å²) in [5.74, 6) is 2.40. The molecule has 1 atom stereocenters. The lowest BCUT2D eigenvalue weighted by Crippen LogP contribution is -2.39. The van der Waals surface area contributed by atoms with Gasteiger partial charge in [-0.1, -0.05) is 26.3 Å². The Morgan fingerprint density at radius 1 is 1.25 bits per heavy atom. The summed E-state index contributed by atoms with van der Waals surface area (Å²) in [6, 6.07) is 6.40. The quantitative estimate of drug-likeness (QED) is 0.801. The molecule has 0 saturated carbocycles. The van der Waals surface area contributed by atoms with Crippen molar-refractivity contribution in [2.24, 2.45) is 0 Å². The number of hydrogen-bond acceptors (Lipinski definition) is 5. The van der Waals surface area contributed by atoms with Crippen LogP contribution in [0.2, 0.25) is 0 Å². The van der Waals surface area contributed by atoms with Crippen molar-refractivity contribution >= 4 is 11.5 Å². The highest BCUT2D eigenvalue weighted by molar-refractivity contribution is 5.62. The molecule has 1 saturated heterocycles. The van der Waals surface area contributed by atoms with Crippen molar-refractivity contribution in [3.63, 3.8) is 0 Å². The van der Waals surface area contributed by atoms with Crippen LogP contribution >= 0.6 is 0 Å². The van der Waals surface area contributed by atoms with E-state index in [1.807, 2.05) is 6.07 Å². The van der Waals surface area contributed by atoms with E-state index in [0.717, 1.165) is 68.8 Å². The smallest absolute Gasteiger partial charge is 0.135 e. The Labute approximate surface area is 167 Å². The molecular formula is C23H29N5. The molecule has 4 rings (SSSR count). The molecule has 1 aromatic heterocycles. The van der Waals surface area contributed by atoms with E-state index in [0.29, 0.717) is 17.2 Å². The molecule has 0 radical (unpaired) electrons. The van der Waals surface area contributed by atoms with Crippen LogP contribution in [0.5, 0.6) is 0 Å². The van der Waals surface area contributed by atoms with Gasteiger partial charge < -0.3 is 10.6 Å². The minimum absolute atomic E-state index is 0.302. The normalized spacial score (nSPS) is 18.3. The molecule has 2 N–H and O–H groups in total. The molecule has 0 bridgehead atoms. The van der Waals surface area contributed by atoms with E-state index in [1.165, 1.54) is 23.2 Å². The zero-order valence-electron chi connectivity index (χ0n) is 17.0. The van der Waals surface area contributed by atoms with Crippen LogP contribution in [0.4, 0.5) is 11.5 Å². The fourth-order valence-electron chi connectivity index (χ4n) is 4.60. The molecule has 2 aliphatic rings. The van der Waals surface area contributed by atoms with Crippen molar-refractivity contribution in [3.05, 3.63) is 45.9 Å². The lowest BCUT2D eigenvalue weighted by atomic mass is 9.78. The average molecular weight is 376 g/mol. The summed E-state index contributed by atoms with van der Waals surface area (Å²) < 4.78 is 0. The first-order chi connectivity index (χ1) is 13.7. The zero-order chi connectivity index (χ0) is 19.7. The monoisotopic (exact) mass is 375 g/mol. The molecule has 2 aromatic rings. The summed E-state index contributed by atoms with van der Waals surface area (Å²) >= 11 is 0. The number of benzene rings is 1. The van der Waals surface area contributed by atoms with Gasteiger partial charge in [-0.25, -0.2) is 9.97 Å². The molecule has 5 heteroatoms.